The van der Waals surface area contributed by atoms with E-state index in [1.807, 2.05) is 36.2 Å². The normalized spacial score (nSPS) is 15.9. The van der Waals surface area contributed by atoms with Crippen molar-refractivity contribution < 1.29 is 9.59 Å². The molecule has 2 heterocycles. The van der Waals surface area contributed by atoms with E-state index in [1.54, 1.807) is 13.2 Å². The molecule has 1 fully saturated rings. The second-order valence-corrected chi connectivity index (χ2v) is 7.61. The van der Waals surface area contributed by atoms with E-state index in [0.717, 1.165) is 23.1 Å². The molecule has 5 heteroatoms. The van der Waals surface area contributed by atoms with Crippen LogP contribution in [0.3, 0.4) is 0 Å². The summed E-state index contributed by atoms with van der Waals surface area (Å²) in [6.07, 6.45) is 7.12. The second kappa shape index (κ2) is 9.00. The first-order valence-electron chi connectivity index (χ1n) is 10.1. The van der Waals surface area contributed by atoms with Gasteiger partial charge in [0.2, 0.25) is 11.8 Å². The van der Waals surface area contributed by atoms with Gasteiger partial charge in [0.25, 0.3) is 0 Å². The predicted molar refractivity (Wildman–Crippen MR) is 111 cm³/mol. The molecule has 28 heavy (non-hydrogen) atoms. The van der Waals surface area contributed by atoms with Crippen LogP contribution in [-0.2, 0) is 16.0 Å². The molecule has 0 radical (unpaired) electrons. The number of nitrogens with zero attached hydrogens (tertiary/aromatic N) is 2. The third-order valence-corrected chi connectivity index (χ3v) is 5.71. The first-order valence-corrected chi connectivity index (χ1v) is 10.1. The van der Waals surface area contributed by atoms with Gasteiger partial charge in [-0.3, -0.25) is 14.6 Å². The molecule has 2 amide bonds. The summed E-state index contributed by atoms with van der Waals surface area (Å²) in [5, 5.41) is 2.86. The highest BCUT2D eigenvalue weighted by atomic mass is 16.2. The molecular formula is C23H29N3O2. The van der Waals surface area contributed by atoms with E-state index >= 15 is 0 Å². The summed E-state index contributed by atoms with van der Waals surface area (Å²) in [6.45, 7) is 3.31. The number of likely N-dealkylation sites (tertiary alicyclic amines) is 1. The van der Waals surface area contributed by atoms with Gasteiger partial charge in [0.1, 0.15) is 0 Å². The summed E-state index contributed by atoms with van der Waals surface area (Å²) in [5.74, 6) is 0.272. The average molecular weight is 380 g/mol. The van der Waals surface area contributed by atoms with Crippen LogP contribution in [0.4, 0.5) is 0 Å². The molecule has 148 valence electrons. The fourth-order valence-corrected chi connectivity index (χ4v) is 4.09. The Hall–Kier alpha value is -2.69. The van der Waals surface area contributed by atoms with Gasteiger partial charge in [-0.05, 0) is 48.4 Å². The topological polar surface area (TPSA) is 62.3 Å². The zero-order chi connectivity index (χ0) is 20.0. The summed E-state index contributed by atoms with van der Waals surface area (Å²) in [6, 6.07) is 12.3. The number of benzene rings is 1. The van der Waals surface area contributed by atoms with Crippen LogP contribution < -0.4 is 5.32 Å². The molecule has 0 unspecified atom stereocenters. The lowest BCUT2D eigenvalue weighted by atomic mass is 9.72. The van der Waals surface area contributed by atoms with E-state index in [-0.39, 0.29) is 11.8 Å². The number of nitrogens with one attached hydrogen (secondary N) is 1. The lowest BCUT2D eigenvalue weighted by Crippen LogP contribution is -2.50. The average Bonchev–Trinajstić information content (AvgIpc) is 2.74. The van der Waals surface area contributed by atoms with E-state index in [2.05, 4.69) is 28.5 Å². The van der Waals surface area contributed by atoms with Crippen molar-refractivity contribution in [2.75, 3.05) is 20.1 Å². The molecule has 3 rings (SSSR count). The maximum Gasteiger partial charge on any atom is 0.226 e. The Morgan fingerprint density at radius 2 is 1.89 bits per heavy atom. The van der Waals surface area contributed by atoms with E-state index in [1.165, 1.54) is 0 Å². The molecule has 1 aromatic carbocycles. The SMILES string of the molecule is CCCC(=O)N1CCC(Cc2cccc(-c3cccnc3)c2)(C(=O)NC)CC1. The highest BCUT2D eigenvalue weighted by Gasteiger charge is 2.41. The van der Waals surface area contributed by atoms with Crippen molar-refractivity contribution >= 4 is 11.8 Å². The van der Waals surface area contributed by atoms with Crippen molar-refractivity contribution in [3.05, 3.63) is 54.4 Å². The summed E-state index contributed by atoms with van der Waals surface area (Å²) in [4.78, 5) is 31.2. The first kappa shape index (κ1) is 20.1. The number of amides is 2. The Morgan fingerprint density at radius 1 is 1.14 bits per heavy atom. The van der Waals surface area contributed by atoms with Crippen molar-refractivity contribution in [3.8, 4) is 11.1 Å². The molecular weight excluding hydrogens is 350 g/mol. The highest BCUT2D eigenvalue weighted by molar-refractivity contribution is 5.83. The third-order valence-electron chi connectivity index (χ3n) is 5.71. The smallest absolute Gasteiger partial charge is 0.226 e. The van der Waals surface area contributed by atoms with Crippen LogP contribution >= 0.6 is 0 Å². The van der Waals surface area contributed by atoms with Gasteiger partial charge in [0.15, 0.2) is 0 Å². The minimum Gasteiger partial charge on any atom is -0.359 e. The number of aromatic nitrogens is 1. The number of carbonyl (C=O) groups is 2. The Labute approximate surface area is 167 Å². The van der Waals surface area contributed by atoms with Crippen LogP contribution in [0.25, 0.3) is 11.1 Å². The summed E-state index contributed by atoms with van der Waals surface area (Å²) >= 11 is 0. The molecule has 1 saturated heterocycles. The van der Waals surface area contributed by atoms with Crippen molar-refractivity contribution in [2.24, 2.45) is 5.41 Å². The molecule has 2 aromatic rings. The molecule has 1 aliphatic heterocycles. The number of hydrogen-bond donors (Lipinski definition) is 1. The fraction of sp³-hybridized carbons (Fsp3) is 0.435. The van der Waals surface area contributed by atoms with Gasteiger partial charge in [0.05, 0.1) is 5.41 Å². The van der Waals surface area contributed by atoms with Gasteiger partial charge in [-0.2, -0.15) is 0 Å². The first-order chi connectivity index (χ1) is 13.6. The molecule has 0 spiro atoms. The Morgan fingerprint density at radius 3 is 2.54 bits per heavy atom. The minimum atomic E-state index is -0.467. The number of hydrogen-bond acceptors (Lipinski definition) is 3. The lowest BCUT2D eigenvalue weighted by Gasteiger charge is -2.40. The molecule has 0 atom stereocenters. The zero-order valence-electron chi connectivity index (χ0n) is 16.8. The van der Waals surface area contributed by atoms with Gasteiger partial charge < -0.3 is 10.2 Å². The molecule has 1 aliphatic rings. The van der Waals surface area contributed by atoms with Crippen LogP contribution in [0.1, 0.15) is 38.2 Å². The Bertz CT molecular complexity index is 812. The monoisotopic (exact) mass is 379 g/mol. The number of pyridine rings is 1. The predicted octanol–water partition coefficient (Wildman–Crippen LogP) is 3.45. The fourth-order valence-electron chi connectivity index (χ4n) is 4.09. The maximum absolute atomic E-state index is 12.8. The quantitative estimate of drug-likeness (QED) is 0.836. The maximum atomic E-state index is 12.8. The summed E-state index contributed by atoms with van der Waals surface area (Å²) < 4.78 is 0. The van der Waals surface area contributed by atoms with Crippen molar-refractivity contribution in [2.45, 2.75) is 39.0 Å². The second-order valence-electron chi connectivity index (χ2n) is 7.61. The Kier molecular flexibility index (Phi) is 6.45. The molecule has 0 aliphatic carbocycles. The molecule has 1 aromatic heterocycles. The van der Waals surface area contributed by atoms with Crippen molar-refractivity contribution in [3.63, 3.8) is 0 Å². The van der Waals surface area contributed by atoms with E-state index < -0.39 is 5.41 Å². The standard InChI is InChI=1S/C23H29N3O2/c1-3-6-21(27)26-13-10-23(11-14-26,22(28)24-2)16-18-7-4-8-19(15-18)20-9-5-12-25-17-20/h4-5,7-9,12,15,17H,3,6,10-11,13-14,16H2,1-2H3,(H,24,28). The van der Waals surface area contributed by atoms with Crippen LogP contribution in [0.2, 0.25) is 0 Å². The summed E-state index contributed by atoms with van der Waals surface area (Å²) in [7, 11) is 1.70. The number of rotatable bonds is 6. The van der Waals surface area contributed by atoms with Gasteiger partial charge in [-0.25, -0.2) is 0 Å². The lowest BCUT2D eigenvalue weighted by molar-refractivity contribution is -0.140. The van der Waals surface area contributed by atoms with E-state index in [4.69, 9.17) is 0 Å². The number of piperidine rings is 1. The van der Waals surface area contributed by atoms with Crippen LogP contribution in [0.5, 0.6) is 0 Å². The van der Waals surface area contributed by atoms with Gasteiger partial charge in [0, 0.05) is 39.0 Å². The zero-order valence-corrected chi connectivity index (χ0v) is 16.8. The third kappa shape index (κ3) is 4.41. The van der Waals surface area contributed by atoms with Crippen molar-refractivity contribution in [1.29, 1.82) is 0 Å². The molecule has 1 N–H and O–H groups in total. The van der Waals surface area contributed by atoms with Gasteiger partial charge in [-0.1, -0.05) is 37.3 Å². The molecule has 5 nitrogen and oxygen atoms in total. The molecule has 0 bridgehead atoms. The van der Waals surface area contributed by atoms with Crippen LogP contribution in [0.15, 0.2) is 48.8 Å². The molecule has 0 saturated carbocycles. The van der Waals surface area contributed by atoms with Gasteiger partial charge >= 0.3 is 0 Å². The number of carbonyl (C=O) groups excluding carboxylic acids is 2. The van der Waals surface area contributed by atoms with E-state index in [9.17, 15) is 9.59 Å². The van der Waals surface area contributed by atoms with Crippen molar-refractivity contribution in [1.82, 2.24) is 15.2 Å². The summed E-state index contributed by atoms with van der Waals surface area (Å²) in [5.41, 5.74) is 2.84. The Balaban J connectivity index is 1.79. The largest absolute Gasteiger partial charge is 0.359 e. The minimum absolute atomic E-state index is 0.0712. The van der Waals surface area contributed by atoms with Crippen LogP contribution in [0, 0.1) is 5.41 Å². The van der Waals surface area contributed by atoms with Crippen LogP contribution in [-0.4, -0.2) is 41.8 Å². The van der Waals surface area contributed by atoms with E-state index in [0.29, 0.717) is 38.8 Å². The highest BCUT2D eigenvalue weighted by Crippen LogP contribution is 2.36. The van der Waals surface area contributed by atoms with Gasteiger partial charge in [-0.15, -0.1) is 0 Å².